The van der Waals surface area contributed by atoms with Gasteiger partial charge in [0.25, 0.3) is 0 Å². The molecule has 0 aliphatic rings. The third kappa shape index (κ3) is 2.55. The molecule has 5 nitrogen and oxygen atoms in total. The first-order valence-corrected chi connectivity index (χ1v) is 5.81. The van der Waals surface area contributed by atoms with Crippen LogP contribution in [0.5, 0.6) is 0 Å². The number of aliphatic hydroxyl groups is 1. The van der Waals surface area contributed by atoms with E-state index >= 15 is 0 Å². The number of nitriles is 1. The molecule has 1 atom stereocenters. The predicted octanol–water partition coefficient (Wildman–Crippen LogP) is 1.59. The molecule has 2 aromatic rings. The molecule has 5 heteroatoms. The van der Waals surface area contributed by atoms with Crippen LogP contribution in [0.25, 0.3) is 11.4 Å². The highest BCUT2D eigenvalue weighted by atomic mass is 16.3. The minimum Gasteiger partial charge on any atom is -0.391 e. The predicted molar refractivity (Wildman–Crippen MR) is 66.5 cm³/mol. The second kappa shape index (κ2) is 5.43. The maximum atomic E-state index is 9.65. The van der Waals surface area contributed by atoms with Crippen molar-refractivity contribution in [3.63, 3.8) is 0 Å². The largest absolute Gasteiger partial charge is 0.391 e. The Balaban J connectivity index is 2.27. The van der Waals surface area contributed by atoms with Crippen LogP contribution in [0.15, 0.2) is 30.6 Å². The topological polar surface area (TPSA) is 74.7 Å². The molecule has 1 aromatic carbocycles. The van der Waals surface area contributed by atoms with Gasteiger partial charge in [-0.05, 0) is 30.7 Å². The Bertz CT molecular complexity index is 553. The van der Waals surface area contributed by atoms with Gasteiger partial charge in [-0.15, -0.1) is 0 Å². The Morgan fingerprint density at radius 1 is 1.39 bits per heavy atom. The highest BCUT2D eigenvalue weighted by Gasteiger charge is 2.10. The van der Waals surface area contributed by atoms with Gasteiger partial charge in [0.2, 0.25) is 0 Å². The number of hydrogen-bond acceptors (Lipinski definition) is 4. The maximum absolute atomic E-state index is 9.65. The number of rotatable bonds is 4. The monoisotopic (exact) mass is 242 g/mol. The Hall–Kier alpha value is -2.19. The van der Waals surface area contributed by atoms with Crippen molar-refractivity contribution in [2.45, 2.75) is 26.0 Å². The first-order valence-electron chi connectivity index (χ1n) is 5.81. The van der Waals surface area contributed by atoms with Gasteiger partial charge in [0.1, 0.15) is 6.33 Å². The molecule has 0 amide bonds. The summed E-state index contributed by atoms with van der Waals surface area (Å²) in [4.78, 5) is 4.19. The third-order valence-electron chi connectivity index (χ3n) is 2.74. The second-order valence-corrected chi connectivity index (χ2v) is 4.02. The lowest BCUT2D eigenvalue weighted by atomic mass is 10.1. The number of hydrogen-bond donors (Lipinski definition) is 1. The van der Waals surface area contributed by atoms with E-state index in [1.54, 1.807) is 16.8 Å². The Kier molecular flexibility index (Phi) is 3.70. The van der Waals surface area contributed by atoms with Crippen LogP contribution in [-0.2, 0) is 6.54 Å². The van der Waals surface area contributed by atoms with Crippen molar-refractivity contribution in [3.05, 3.63) is 36.2 Å². The summed E-state index contributed by atoms with van der Waals surface area (Å²) in [5.74, 6) is 0.701. The molecule has 1 heterocycles. The SMILES string of the molecule is CC[C@H](O)Cn1ncnc1-c1ccc(C#N)cc1. The average Bonchev–Trinajstić information content (AvgIpc) is 2.86. The zero-order valence-corrected chi connectivity index (χ0v) is 10.1. The zero-order chi connectivity index (χ0) is 13.0. The molecule has 0 bridgehead atoms. The first-order chi connectivity index (χ1) is 8.74. The molecule has 1 N–H and O–H groups in total. The Morgan fingerprint density at radius 2 is 2.11 bits per heavy atom. The normalized spacial score (nSPS) is 12.1. The quantitative estimate of drug-likeness (QED) is 0.883. The lowest BCUT2D eigenvalue weighted by molar-refractivity contribution is 0.146. The van der Waals surface area contributed by atoms with E-state index in [1.807, 2.05) is 19.1 Å². The zero-order valence-electron chi connectivity index (χ0n) is 10.1. The van der Waals surface area contributed by atoms with Crippen molar-refractivity contribution < 1.29 is 5.11 Å². The molecule has 2 rings (SSSR count). The molecule has 92 valence electrons. The summed E-state index contributed by atoms with van der Waals surface area (Å²) in [6.07, 6.45) is 1.71. The number of benzene rings is 1. The van der Waals surface area contributed by atoms with Crippen LogP contribution in [0.1, 0.15) is 18.9 Å². The van der Waals surface area contributed by atoms with Crippen molar-refractivity contribution >= 4 is 0 Å². The lowest BCUT2D eigenvalue weighted by Crippen LogP contribution is -2.16. The fraction of sp³-hybridized carbons (Fsp3) is 0.308. The fourth-order valence-electron chi connectivity index (χ4n) is 1.64. The molecule has 0 radical (unpaired) electrons. The molecule has 18 heavy (non-hydrogen) atoms. The summed E-state index contributed by atoms with van der Waals surface area (Å²) >= 11 is 0. The molecular formula is C13H14N4O. The van der Waals surface area contributed by atoms with Crippen LogP contribution < -0.4 is 0 Å². The molecule has 0 fully saturated rings. The van der Waals surface area contributed by atoms with Crippen LogP contribution in [0.3, 0.4) is 0 Å². The van der Waals surface area contributed by atoms with Gasteiger partial charge < -0.3 is 5.11 Å². The maximum Gasteiger partial charge on any atom is 0.158 e. The van der Waals surface area contributed by atoms with Crippen LogP contribution >= 0.6 is 0 Å². The second-order valence-electron chi connectivity index (χ2n) is 4.02. The van der Waals surface area contributed by atoms with Gasteiger partial charge in [0.05, 0.1) is 24.3 Å². The standard InChI is InChI=1S/C13H14N4O/c1-2-12(18)8-17-13(15-9-16-17)11-5-3-10(7-14)4-6-11/h3-6,9,12,18H,2,8H2,1H3/t12-/m0/s1. The molecule has 0 aliphatic heterocycles. The van der Waals surface area contributed by atoms with E-state index in [0.29, 0.717) is 24.4 Å². The van der Waals surface area contributed by atoms with Gasteiger partial charge in [0.15, 0.2) is 5.82 Å². The summed E-state index contributed by atoms with van der Waals surface area (Å²) in [6.45, 7) is 2.34. The third-order valence-corrected chi connectivity index (χ3v) is 2.74. The van der Waals surface area contributed by atoms with Gasteiger partial charge in [-0.2, -0.15) is 10.4 Å². The van der Waals surface area contributed by atoms with Crippen LogP contribution in [-0.4, -0.2) is 26.0 Å². The lowest BCUT2D eigenvalue weighted by Gasteiger charge is -2.10. The number of aromatic nitrogens is 3. The minimum atomic E-state index is -0.427. The van der Waals surface area contributed by atoms with E-state index in [1.165, 1.54) is 6.33 Å². The number of aliphatic hydroxyl groups excluding tert-OH is 1. The van der Waals surface area contributed by atoms with Crippen molar-refractivity contribution in [3.8, 4) is 17.5 Å². The molecule has 0 saturated carbocycles. The van der Waals surface area contributed by atoms with Crippen molar-refractivity contribution in [2.75, 3.05) is 0 Å². The highest BCUT2D eigenvalue weighted by molar-refractivity contribution is 5.56. The summed E-state index contributed by atoms with van der Waals surface area (Å²) in [6, 6.07) is 9.22. The Morgan fingerprint density at radius 3 is 2.72 bits per heavy atom. The smallest absolute Gasteiger partial charge is 0.158 e. The average molecular weight is 242 g/mol. The molecule has 1 aromatic heterocycles. The summed E-state index contributed by atoms with van der Waals surface area (Å²) in [7, 11) is 0. The van der Waals surface area contributed by atoms with E-state index in [4.69, 9.17) is 5.26 Å². The van der Waals surface area contributed by atoms with Crippen LogP contribution in [0.4, 0.5) is 0 Å². The molecule has 0 spiro atoms. The van der Waals surface area contributed by atoms with E-state index in [-0.39, 0.29) is 0 Å². The van der Waals surface area contributed by atoms with Crippen molar-refractivity contribution in [1.29, 1.82) is 5.26 Å². The van der Waals surface area contributed by atoms with Crippen LogP contribution in [0, 0.1) is 11.3 Å². The van der Waals surface area contributed by atoms with Gasteiger partial charge in [-0.25, -0.2) is 9.67 Å². The van der Waals surface area contributed by atoms with E-state index < -0.39 is 6.10 Å². The van der Waals surface area contributed by atoms with Crippen molar-refractivity contribution in [2.24, 2.45) is 0 Å². The first kappa shape index (κ1) is 12.3. The summed E-state index contributed by atoms with van der Waals surface area (Å²) in [5, 5.41) is 22.5. The van der Waals surface area contributed by atoms with Gasteiger partial charge in [-0.1, -0.05) is 6.92 Å². The molecule has 0 saturated heterocycles. The molecule has 0 aliphatic carbocycles. The highest BCUT2D eigenvalue weighted by Crippen LogP contribution is 2.17. The Labute approximate surface area is 105 Å². The minimum absolute atomic E-state index is 0.422. The van der Waals surface area contributed by atoms with Gasteiger partial charge in [-0.3, -0.25) is 0 Å². The van der Waals surface area contributed by atoms with E-state index in [2.05, 4.69) is 16.2 Å². The number of nitrogens with zero attached hydrogens (tertiary/aromatic N) is 4. The fourth-order valence-corrected chi connectivity index (χ4v) is 1.64. The summed E-state index contributed by atoms with van der Waals surface area (Å²) in [5.41, 5.74) is 1.49. The van der Waals surface area contributed by atoms with Gasteiger partial charge >= 0.3 is 0 Å². The van der Waals surface area contributed by atoms with Gasteiger partial charge in [0, 0.05) is 5.56 Å². The van der Waals surface area contributed by atoms with E-state index in [0.717, 1.165) is 5.56 Å². The summed E-state index contributed by atoms with van der Waals surface area (Å²) < 4.78 is 1.68. The van der Waals surface area contributed by atoms with E-state index in [9.17, 15) is 5.11 Å². The van der Waals surface area contributed by atoms with Crippen LogP contribution in [0.2, 0.25) is 0 Å². The van der Waals surface area contributed by atoms with Crippen molar-refractivity contribution in [1.82, 2.24) is 14.8 Å². The molecule has 0 unspecified atom stereocenters. The molecular weight excluding hydrogens is 228 g/mol.